The first-order valence-electron chi connectivity index (χ1n) is 9.99. The second-order valence-electron chi connectivity index (χ2n) is 7.79. The number of oxazole rings is 1. The Morgan fingerprint density at radius 3 is 2.41 bits per heavy atom. The topological polar surface area (TPSA) is 92.8 Å². The number of sulfonamides is 1. The molecule has 2 heterocycles. The number of halogens is 2. The zero-order chi connectivity index (χ0) is 23.2. The maximum Gasteiger partial charge on any atom is 0.420 e. The average molecular weight is 482 g/mol. The van der Waals surface area contributed by atoms with E-state index in [0.29, 0.717) is 5.52 Å². The fourth-order valence-electron chi connectivity index (χ4n) is 3.76. The van der Waals surface area contributed by atoms with Gasteiger partial charge in [0.15, 0.2) is 5.58 Å². The molecule has 3 aromatic rings. The van der Waals surface area contributed by atoms with E-state index in [1.807, 2.05) is 13.8 Å². The summed E-state index contributed by atoms with van der Waals surface area (Å²) in [6, 6.07) is 7.95. The molecule has 0 radical (unpaired) electrons. The van der Waals surface area contributed by atoms with E-state index in [2.05, 4.69) is 0 Å². The lowest BCUT2D eigenvalue weighted by atomic mass is 10.2. The van der Waals surface area contributed by atoms with Gasteiger partial charge in [0.05, 0.1) is 15.4 Å². The lowest BCUT2D eigenvalue weighted by molar-refractivity contribution is 0.0698. The summed E-state index contributed by atoms with van der Waals surface area (Å²) < 4.78 is 47.6. The maximum absolute atomic E-state index is 13.4. The number of piperazine rings is 1. The zero-order valence-electron chi connectivity index (χ0n) is 17.4. The summed E-state index contributed by atoms with van der Waals surface area (Å²) in [4.78, 5) is 26.2. The van der Waals surface area contributed by atoms with Gasteiger partial charge in [-0.3, -0.25) is 9.36 Å². The Morgan fingerprint density at radius 2 is 1.78 bits per heavy atom. The van der Waals surface area contributed by atoms with E-state index in [0.717, 1.165) is 6.07 Å². The second kappa shape index (κ2) is 8.34. The van der Waals surface area contributed by atoms with Gasteiger partial charge in [-0.1, -0.05) is 11.6 Å². The minimum absolute atomic E-state index is 0.0137. The molecule has 1 aliphatic rings. The molecular weight excluding hydrogens is 461 g/mol. The Labute approximate surface area is 188 Å². The summed E-state index contributed by atoms with van der Waals surface area (Å²) >= 11 is 5.76. The number of benzene rings is 2. The largest absolute Gasteiger partial charge is 0.420 e. The minimum atomic E-state index is -3.85. The summed E-state index contributed by atoms with van der Waals surface area (Å²) in [7, 11) is -3.85. The molecule has 1 amide bonds. The number of amides is 1. The molecular formula is C21H21ClFN3O5S. The van der Waals surface area contributed by atoms with Crippen molar-refractivity contribution in [1.29, 1.82) is 0 Å². The number of carbonyl (C=O) groups excluding carboxylic acids is 1. The molecule has 0 bridgehead atoms. The fourth-order valence-corrected chi connectivity index (χ4v) is 5.38. The predicted octanol–water partition coefficient (Wildman–Crippen LogP) is 3.11. The molecule has 32 heavy (non-hydrogen) atoms. The SMILES string of the molecule is CC(C)n1c(=O)oc2cc(S(=O)(=O)N3CCN(C(=O)c4ccc(F)c(Cl)c4)CC3)ccc21. The summed E-state index contributed by atoms with van der Waals surface area (Å²) in [6.45, 7) is 4.21. The van der Waals surface area contributed by atoms with Crippen LogP contribution in [0.4, 0.5) is 4.39 Å². The first kappa shape index (κ1) is 22.5. The van der Waals surface area contributed by atoms with Crippen LogP contribution in [0.2, 0.25) is 5.02 Å². The summed E-state index contributed by atoms with van der Waals surface area (Å²) in [6.07, 6.45) is 0. The van der Waals surface area contributed by atoms with E-state index in [1.165, 1.54) is 38.0 Å². The fraction of sp³-hybridized carbons (Fsp3) is 0.333. The van der Waals surface area contributed by atoms with E-state index < -0.39 is 21.6 Å². The Morgan fingerprint density at radius 1 is 1.09 bits per heavy atom. The molecule has 2 aromatic carbocycles. The van der Waals surface area contributed by atoms with E-state index in [-0.39, 0.29) is 59.2 Å². The van der Waals surface area contributed by atoms with Gasteiger partial charge in [-0.15, -0.1) is 0 Å². The first-order valence-corrected chi connectivity index (χ1v) is 11.8. The maximum atomic E-state index is 13.4. The Bertz CT molecular complexity index is 1360. The third-order valence-corrected chi connectivity index (χ3v) is 7.62. The second-order valence-corrected chi connectivity index (χ2v) is 10.1. The molecule has 1 fully saturated rings. The van der Waals surface area contributed by atoms with Gasteiger partial charge in [-0.25, -0.2) is 17.6 Å². The van der Waals surface area contributed by atoms with Crippen molar-refractivity contribution in [3.05, 3.63) is 63.4 Å². The highest BCUT2D eigenvalue weighted by Gasteiger charge is 2.31. The average Bonchev–Trinajstić information content (AvgIpc) is 3.10. The van der Waals surface area contributed by atoms with Gasteiger partial charge in [-0.2, -0.15) is 4.31 Å². The first-order chi connectivity index (χ1) is 15.1. The van der Waals surface area contributed by atoms with Crippen molar-refractivity contribution in [2.24, 2.45) is 0 Å². The molecule has 0 saturated carbocycles. The van der Waals surface area contributed by atoms with Crippen molar-refractivity contribution in [2.45, 2.75) is 24.8 Å². The van der Waals surface area contributed by atoms with Crippen LogP contribution in [0.3, 0.4) is 0 Å². The highest BCUT2D eigenvalue weighted by molar-refractivity contribution is 7.89. The lowest BCUT2D eigenvalue weighted by Crippen LogP contribution is -2.50. The number of nitrogens with zero attached hydrogens (tertiary/aromatic N) is 3. The molecule has 1 saturated heterocycles. The van der Waals surface area contributed by atoms with Crippen LogP contribution in [-0.4, -0.2) is 54.3 Å². The zero-order valence-corrected chi connectivity index (χ0v) is 19.0. The molecule has 1 aliphatic heterocycles. The molecule has 0 unspecified atom stereocenters. The number of fused-ring (bicyclic) bond motifs is 1. The van der Waals surface area contributed by atoms with Gasteiger partial charge in [0, 0.05) is 43.9 Å². The van der Waals surface area contributed by atoms with Crippen molar-refractivity contribution in [2.75, 3.05) is 26.2 Å². The van der Waals surface area contributed by atoms with Crippen LogP contribution >= 0.6 is 11.6 Å². The normalized spacial score (nSPS) is 15.6. The van der Waals surface area contributed by atoms with Crippen molar-refractivity contribution in [3.63, 3.8) is 0 Å². The minimum Gasteiger partial charge on any atom is -0.408 e. The van der Waals surface area contributed by atoms with Crippen LogP contribution in [0.25, 0.3) is 11.1 Å². The molecule has 0 atom stereocenters. The lowest BCUT2D eigenvalue weighted by Gasteiger charge is -2.34. The molecule has 11 heteroatoms. The van der Waals surface area contributed by atoms with Crippen LogP contribution in [0, 0.1) is 5.82 Å². The van der Waals surface area contributed by atoms with Gasteiger partial charge in [0.2, 0.25) is 10.0 Å². The number of rotatable bonds is 4. The number of hydrogen-bond donors (Lipinski definition) is 0. The molecule has 1 aromatic heterocycles. The summed E-state index contributed by atoms with van der Waals surface area (Å²) in [5.74, 6) is -1.50. The third kappa shape index (κ3) is 3.94. The van der Waals surface area contributed by atoms with Gasteiger partial charge < -0.3 is 9.32 Å². The van der Waals surface area contributed by atoms with Crippen LogP contribution in [0.1, 0.15) is 30.2 Å². The quantitative estimate of drug-likeness (QED) is 0.571. The van der Waals surface area contributed by atoms with Gasteiger partial charge in [-0.05, 0) is 44.2 Å². The summed E-state index contributed by atoms with van der Waals surface area (Å²) in [5, 5.41) is -0.148. The number of carbonyl (C=O) groups is 1. The smallest absolute Gasteiger partial charge is 0.408 e. The van der Waals surface area contributed by atoms with Gasteiger partial charge >= 0.3 is 5.76 Å². The van der Waals surface area contributed by atoms with E-state index in [1.54, 1.807) is 6.07 Å². The summed E-state index contributed by atoms with van der Waals surface area (Å²) in [5.41, 5.74) is 0.965. The van der Waals surface area contributed by atoms with Gasteiger partial charge in [0.25, 0.3) is 5.91 Å². The molecule has 0 aliphatic carbocycles. The Hall–Kier alpha value is -2.69. The third-order valence-electron chi connectivity index (χ3n) is 5.43. The Kier molecular flexibility index (Phi) is 5.87. The standard InChI is InChI=1S/C21H21ClFN3O5S/c1-13(2)26-18-6-4-15(12-19(18)31-21(26)28)32(29,30)25-9-7-24(8-10-25)20(27)14-3-5-17(23)16(22)11-14/h3-6,11-13H,7-10H2,1-2H3. The van der Waals surface area contributed by atoms with Crippen LogP contribution < -0.4 is 5.76 Å². The highest BCUT2D eigenvalue weighted by Crippen LogP contribution is 2.25. The molecule has 4 rings (SSSR count). The molecule has 0 spiro atoms. The molecule has 170 valence electrons. The van der Waals surface area contributed by atoms with Crippen molar-refractivity contribution in [3.8, 4) is 0 Å². The van der Waals surface area contributed by atoms with E-state index >= 15 is 0 Å². The predicted molar refractivity (Wildman–Crippen MR) is 117 cm³/mol. The number of aromatic nitrogens is 1. The van der Waals surface area contributed by atoms with Crippen LogP contribution in [0.5, 0.6) is 0 Å². The molecule has 0 N–H and O–H groups in total. The van der Waals surface area contributed by atoms with E-state index in [9.17, 15) is 22.4 Å². The molecule has 8 nitrogen and oxygen atoms in total. The van der Waals surface area contributed by atoms with Crippen molar-refractivity contribution in [1.82, 2.24) is 13.8 Å². The number of hydrogen-bond acceptors (Lipinski definition) is 5. The highest BCUT2D eigenvalue weighted by atomic mass is 35.5. The monoisotopic (exact) mass is 481 g/mol. The van der Waals surface area contributed by atoms with E-state index in [4.69, 9.17) is 16.0 Å². The van der Waals surface area contributed by atoms with Crippen molar-refractivity contribution < 1.29 is 22.0 Å². The van der Waals surface area contributed by atoms with Crippen LogP contribution in [0.15, 0.2) is 50.5 Å². The van der Waals surface area contributed by atoms with Crippen molar-refractivity contribution >= 4 is 38.6 Å². The van der Waals surface area contributed by atoms with Crippen LogP contribution in [-0.2, 0) is 10.0 Å². The Balaban J connectivity index is 1.52. The van der Waals surface area contributed by atoms with Gasteiger partial charge in [0.1, 0.15) is 5.82 Å².